The summed E-state index contributed by atoms with van der Waals surface area (Å²) < 4.78 is 0. The van der Waals surface area contributed by atoms with Crippen LogP contribution in [-0.4, -0.2) is 69.2 Å². The Labute approximate surface area is 163 Å². The second kappa shape index (κ2) is 6.56. The zero-order valence-corrected chi connectivity index (χ0v) is 16.3. The molecular weight excluding hydrogens is 366 g/mol. The maximum Gasteiger partial charge on any atom is 0.328 e. The molecule has 27 heavy (non-hydrogen) atoms. The third-order valence-electron chi connectivity index (χ3n) is 5.40. The smallest absolute Gasteiger partial charge is 0.314 e. The highest BCUT2D eigenvalue weighted by Crippen LogP contribution is 2.34. The van der Waals surface area contributed by atoms with Crippen molar-refractivity contribution in [2.24, 2.45) is 4.99 Å². The highest BCUT2D eigenvalue weighted by Gasteiger charge is 2.54. The first-order valence-electron chi connectivity index (χ1n) is 8.94. The first-order valence-corrected chi connectivity index (χ1v) is 9.48. The molecule has 8 heteroatoms. The van der Waals surface area contributed by atoms with E-state index in [0.717, 1.165) is 16.8 Å². The van der Waals surface area contributed by atoms with Crippen molar-refractivity contribution < 1.29 is 9.59 Å². The Morgan fingerprint density at radius 2 is 1.89 bits per heavy atom. The Morgan fingerprint density at radius 1 is 1.15 bits per heavy atom. The second-order valence-corrected chi connectivity index (χ2v) is 7.43. The summed E-state index contributed by atoms with van der Waals surface area (Å²) in [6.45, 7) is 4.82. The van der Waals surface area contributed by atoms with Crippen molar-refractivity contribution in [2.45, 2.75) is 32.6 Å². The lowest BCUT2D eigenvalue weighted by atomic mass is 10.1. The van der Waals surface area contributed by atoms with Crippen LogP contribution in [0.3, 0.4) is 0 Å². The number of carbonyl (C=O) groups excluding carboxylic acids is 2. The molecule has 0 bridgehead atoms. The van der Waals surface area contributed by atoms with E-state index < -0.39 is 12.2 Å². The largest absolute Gasteiger partial charge is 0.328 e. The molecule has 0 aliphatic carbocycles. The minimum Gasteiger partial charge on any atom is -0.314 e. The molecule has 0 saturated carbocycles. The molecule has 0 radical (unpaired) electrons. The maximum atomic E-state index is 13.3. The normalized spacial score (nSPS) is 24.3. The van der Waals surface area contributed by atoms with Crippen LogP contribution in [0.4, 0.5) is 4.79 Å². The number of nitrogens with zero attached hydrogens (tertiary/aromatic N) is 5. The fourth-order valence-electron chi connectivity index (χ4n) is 3.87. The number of imide groups is 1. The standard InChI is InChI=1S/C19H22ClN5O2/c1-12-6-4-5-7-14(12)11-25-17(26)15-16(22(3)19(25)27)21-18-23(9-8-20)13(2)10-24(15)18/h4-7,10,15-16H,8-9,11H2,1-3H3. The molecule has 3 aliphatic heterocycles. The van der Waals surface area contributed by atoms with Gasteiger partial charge < -0.3 is 14.7 Å². The van der Waals surface area contributed by atoms with Gasteiger partial charge in [0.15, 0.2) is 12.2 Å². The van der Waals surface area contributed by atoms with Crippen molar-refractivity contribution in [3.05, 3.63) is 47.3 Å². The topological polar surface area (TPSA) is 59.5 Å². The number of rotatable bonds is 4. The molecule has 0 N–H and O–H groups in total. The summed E-state index contributed by atoms with van der Waals surface area (Å²) in [5, 5.41) is 0. The van der Waals surface area contributed by atoms with E-state index in [1.807, 2.05) is 54.1 Å². The minimum atomic E-state index is -0.540. The van der Waals surface area contributed by atoms with Crippen LogP contribution in [0.25, 0.3) is 0 Å². The lowest BCUT2D eigenvalue weighted by Gasteiger charge is -2.40. The van der Waals surface area contributed by atoms with Crippen LogP contribution >= 0.6 is 11.6 Å². The lowest BCUT2D eigenvalue weighted by molar-refractivity contribution is -0.137. The van der Waals surface area contributed by atoms with E-state index in [1.54, 1.807) is 11.9 Å². The molecule has 2 atom stereocenters. The van der Waals surface area contributed by atoms with Gasteiger partial charge in [0.05, 0.1) is 6.54 Å². The predicted octanol–water partition coefficient (Wildman–Crippen LogP) is 2.17. The summed E-state index contributed by atoms with van der Waals surface area (Å²) in [6, 6.07) is 6.93. The zero-order chi connectivity index (χ0) is 19.3. The van der Waals surface area contributed by atoms with Crippen LogP contribution in [-0.2, 0) is 11.3 Å². The van der Waals surface area contributed by atoms with Gasteiger partial charge in [0.25, 0.3) is 5.91 Å². The number of carbonyl (C=O) groups is 2. The van der Waals surface area contributed by atoms with Crippen molar-refractivity contribution >= 4 is 29.5 Å². The fraction of sp³-hybridized carbons (Fsp3) is 0.421. The van der Waals surface area contributed by atoms with E-state index in [9.17, 15) is 9.59 Å². The molecule has 1 aromatic rings. The third-order valence-corrected chi connectivity index (χ3v) is 5.57. The highest BCUT2D eigenvalue weighted by atomic mass is 35.5. The van der Waals surface area contributed by atoms with Gasteiger partial charge in [-0.3, -0.25) is 9.69 Å². The van der Waals surface area contributed by atoms with Crippen LogP contribution in [0.1, 0.15) is 18.1 Å². The van der Waals surface area contributed by atoms with E-state index in [1.165, 1.54) is 4.90 Å². The average Bonchev–Trinajstić information content (AvgIpc) is 3.15. The van der Waals surface area contributed by atoms with Crippen molar-refractivity contribution in [3.8, 4) is 0 Å². The van der Waals surface area contributed by atoms with Crippen molar-refractivity contribution in [2.75, 3.05) is 19.5 Å². The van der Waals surface area contributed by atoms with Gasteiger partial charge in [-0.25, -0.2) is 9.79 Å². The number of guanidine groups is 1. The van der Waals surface area contributed by atoms with E-state index in [2.05, 4.69) is 4.99 Å². The third kappa shape index (κ3) is 2.68. The van der Waals surface area contributed by atoms with Crippen molar-refractivity contribution in [1.82, 2.24) is 19.6 Å². The number of urea groups is 1. The van der Waals surface area contributed by atoms with Gasteiger partial charge in [-0.05, 0) is 25.0 Å². The SMILES string of the molecule is CC1=CN2C(=NC3C2C(=O)N(Cc2ccccc2C)C(=O)N3C)N1CCCl. The van der Waals surface area contributed by atoms with Crippen LogP contribution in [0.5, 0.6) is 0 Å². The van der Waals surface area contributed by atoms with E-state index >= 15 is 0 Å². The van der Waals surface area contributed by atoms with Gasteiger partial charge in [-0.15, -0.1) is 11.6 Å². The molecule has 2 unspecified atom stereocenters. The van der Waals surface area contributed by atoms with Gasteiger partial charge in [0.2, 0.25) is 5.96 Å². The van der Waals surface area contributed by atoms with Crippen LogP contribution < -0.4 is 0 Å². The molecule has 3 heterocycles. The summed E-state index contributed by atoms with van der Waals surface area (Å²) in [6.07, 6.45) is 1.40. The Morgan fingerprint density at radius 3 is 2.59 bits per heavy atom. The second-order valence-electron chi connectivity index (χ2n) is 7.05. The van der Waals surface area contributed by atoms with Crippen LogP contribution in [0.2, 0.25) is 0 Å². The number of aliphatic imine (C=N–C) groups is 1. The molecule has 0 aromatic heterocycles. The Kier molecular flexibility index (Phi) is 4.34. The van der Waals surface area contributed by atoms with Crippen LogP contribution in [0, 0.1) is 6.92 Å². The Bertz CT molecular complexity index is 867. The molecule has 1 fully saturated rings. The number of hydrogen-bond acceptors (Lipinski definition) is 5. The number of halogens is 1. The quantitative estimate of drug-likeness (QED) is 0.743. The number of amides is 3. The number of allylic oxidation sites excluding steroid dienone is 1. The fourth-order valence-corrected chi connectivity index (χ4v) is 4.04. The minimum absolute atomic E-state index is 0.220. The van der Waals surface area contributed by atoms with E-state index in [-0.39, 0.29) is 18.5 Å². The van der Waals surface area contributed by atoms with Gasteiger partial charge in [0, 0.05) is 31.4 Å². The molecule has 0 spiro atoms. The predicted molar refractivity (Wildman–Crippen MR) is 103 cm³/mol. The highest BCUT2D eigenvalue weighted by molar-refractivity contribution is 6.18. The molecule has 7 nitrogen and oxygen atoms in total. The first-order chi connectivity index (χ1) is 12.9. The molecule has 1 saturated heterocycles. The van der Waals surface area contributed by atoms with Gasteiger partial charge in [-0.1, -0.05) is 24.3 Å². The first kappa shape index (κ1) is 17.9. The molecular formula is C19H22ClN5O2. The van der Waals surface area contributed by atoms with E-state index in [4.69, 9.17) is 11.6 Å². The molecule has 3 amide bonds. The summed E-state index contributed by atoms with van der Waals surface area (Å²) in [5.41, 5.74) is 3.00. The maximum absolute atomic E-state index is 13.3. The number of likely N-dealkylation sites (N-methyl/N-ethyl adjacent to an activating group) is 1. The monoisotopic (exact) mass is 387 g/mol. The molecule has 3 aliphatic rings. The number of benzene rings is 1. The summed E-state index contributed by atoms with van der Waals surface area (Å²) in [5.74, 6) is 0.922. The zero-order valence-electron chi connectivity index (χ0n) is 15.6. The van der Waals surface area contributed by atoms with Gasteiger partial charge in [0.1, 0.15) is 0 Å². The van der Waals surface area contributed by atoms with Gasteiger partial charge in [-0.2, -0.15) is 0 Å². The summed E-state index contributed by atoms with van der Waals surface area (Å²) >= 11 is 5.92. The van der Waals surface area contributed by atoms with Crippen LogP contribution in [0.15, 0.2) is 41.2 Å². The van der Waals surface area contributed by atoms with Crippen molar-refractivity contribution in [3.63, 3.8) is 0 Å². The molecule has 1 aromatic carbocycles. The van der Waals surface area contributed by atoms with E-state index in [0.29, 0.717) is 18.4 Å². The molecule has 142 valence electrons. The summed E-state index contributed by atoms with van der Waals surface area (Å²) in [7, 11) is 1.70. The lowest BCUT2D eigenvalue weighted by Crippen LogP contribution is -2.63. The number of aryl methyl sites for hydroxylation is 1. The van der Waals surface area contributed by atoms with Gasteiger partial charge >= 0.3 is 6.03 Å². The Balaban J connectivity index is 1.65. The van der Waals surface area contributed by atoms with Crippen molar-refractivity contribution in [1.29, 1.82) is 0 Å². The molecule has 4 rings (SSSR count). The Hall–Kier alpha value is -2.54. The summed E-state index contributed by atoms with van der Waals surface area (Å²) in [4.78, 5) is 37.6. The number of hydrogen-bond donors (Lipinski definition) is 0. The average molecular weight is 388 g/mol. The number of fused-ring (bicyclic) bond motifs is 3. The number of alkyl halides is 1.